The lowest BCUT2D eigenvalue weighted by molar-refractivity contribution is 0.0730. The van der Waals surface area contributed by atoms with Crippen LogP contribution in [0.15, 0.2) is 46.0 Å². The second-order valence-electron chi connectivity index (χ2n) is 4.61. The van der Waals surface area contributed by atoms with E-state index in [0.29, 0.717) is 31.2 Å². The normalized spacial score (nSPS) is 17.0. The number of hydrogen-bond donors (Lipinski definition) is 0. The minimum Gasteiger partial charge on any atom is -0.379 e. The molecule has 6 nitrogen and oxygen atoms in total. The molecule has 0 atom stereocenters. The first-order valence-corrected chi connectivity index (χ1v) is 8.69. The Labute approximate surface area is 131 Å². The van der Waals surface area contributed by atoms with Crippen LogP contribution in [0.2, 0.25) is 0 Å². The molecule has 2 aromatic rings. The fourth-order valence-electron chi connectivity index (χ4n) is 2.15. The lowest BCUT2D eigenvalue weighted by atomic mass is 10.3. The maximum atomic E-state index is 12.5. The van der Waals surface area contributed by atoms with Crippen LogP contribution >= 0.6 is 15.9 Å². The lowest BCUT2D eigenvalue weighted by Gasteiger charge is -2.26. The lowest BCUT2D eigenvalue weighted by Crippen LogP contribution is -2.40. The van der Waals surface area contributed by atoms with Crippen LogP contribution in [0.25, 0.3) is 5.69 Å². The molecule has 0 unspecified atom stereocenters. The van der Waals surface area contributed by atoms with Gasteiger partial charge in [-0.25, -0.2) is 13.1 Å². The van der Waals surface area contributed by atoms with E-state index in [0.717, 1.165) is 10.2 Å². The van der Waals surface area contributed by atoms with Gasteiger partial charge in [-0.05, 0) is 40.2 Å². The monoisotopic (exact) mass is 371 g/mol. The van der Waals surface area contributed by atoms with Gasteiger partial charge in [0.05, 0.1) is 34.5 Å². The van der Waals surface area contributed by atoms with Crippen molar-refractivity contribution in [3.63, 3.8) is 0 Å². The Morgan fingerprint density at radius 2 is 1.81 bits per heavy atom. The second kappa shape index (κ2) is 5.88. The number of benzene rings is 1. The van der Waals surface area contributed by atoms with E-state index in [-0.39, 0.29) is 0 Å². The van der Waals surface area contributed by atoms with E-state index in [4.69, 9.17) is 4.74 Å². The standard InChI is InChI=1S/C13H14BrN3O3S/c14-11-9-15-17(10-11)12-1-3-13(4-2-12)21(18,19)16-5-7-20-8-6-16/h1-4,9-10H,5-8H2. The largest absolute Gasteiger partial charge is 0.379 e. The van der Waals surface area contributed by atoms with Crippen molar-refractivity contribution in [2.75, 3.05) is 26.3 Å². The Morgan fingerprint density at radius 1 is 1.14 bits per heavy atom. The molecule has 1 aromatic carbocycles. The summed E-state index contributed by atoms with van der Waals surface area (Å²) < 4.78 is 34.1. The average molecular weight is 372 g/mol. The Balaban J connectivity index is 1.86. The van der Waals surface area contributed by atoms with Gasteiger partial charge in [-0.15, -0.1) is 0 Å². The molecule has 8 heteroatoms. The van der Waals surface area contributed by atoms with Gasteiger partial charge < -0.3 is 4.74 Å². The fraction of sp³-hybridized carbons (Fsp3) is 0.308. The summed E-state index contributed by atoms with van der Waals surface area (Å²) in [6.07, 6.45) is 3.49. The molecule has 1 aliphatic heterocycles. The predicted molar refractivity (Wildman–Crippen MR) is 80.8 cm³/mol. The predicted octanol–water partition coefficient (Wildman–Crippen LogP) is 1.66. The van der Waals surface area contributed by atoms with Gasteiger partial charge in [-0.1, -0.05) is 0 Å². The topological polar surface area (TPSA) is 64.4 Å². The van der Waals surface area contributed by atoms with Gasteiger partial charge in [0.2, 0.25) is 10.0 Å². The summed E-state index contributed by atoms with van der Waals surface area (Å²) in [5.74, 6) is 0. The molecule has 2 heterocycles. The smallest absolute Gasteiger partial charge is 0.243 e. The quantitative estimate of drug-likeness (QED) is 0.822. The molecular formula is C13H14BrN3O3S. The number of morpholine rings is 1. The zero-order chi connectivity index (χ0) is 14.9. The molecule has 3 rings (SSSR count). The number of ether oxygens (including phenoxy) is 1. The van der Waals surface area contributed by atoms with Crippen LogP contribution in [0.4, 0.5) is 0 Å². The third-order valence-corrected chi connectivity index (χ3v) is 5.58. The van der Waals surface area contributed by atoms with Gasteiger partial charge in [-0.2, -0.15) is 9.40 Å². The molecule has 0 amide bonds. The molecule has 21 heavy (non-hydrogen) atoms. The summed E-state index contributed by atoms with van der Waals surface area (Å²) in [6.45, 7) is 1.68. The number of nitrogens with zero attached hydrogens (tertiary/aromatic N) is 3. The van der Waals surface area contributed by atoms with E-state index in [1.165, 1.54) is 4.31 Å². The van der Waals surface area contributed by atoms with Crippen LogP contribution in [0.3, 0.4) is 0 Å². The summed E-state index contributed by atoms with van der Waals surface area (Å²) in [4.78, 5) is 0.291. The number of rotatable bonds is 3. The van der Waals surface area contributed by atoms with Crippen LogP contribution in [-0.4, -0.2) is 48.8 Å². The van der Waals surface area contributed by atoms with Gasteiger partial charge in [0.1, 0.15) is 0 Å². The van der Waals surface area contributed by atoms with E-state index in [1.807, 2.05) is 6.20 Å². The molecule has 1 aromatic heterocycles. The number of sulfonamides is 1. The third-order valence-electron chi connectivity index (χ3n) is 3.26. The molecule has 0 saturated carbocycles. The van der Waals surface area contributed by atoms with Gasteiger partial charge in [0.25, 0.3) is 0 Å². The van der Waals surface area contributed by atoms with Crippen LogP contribution in [0.1, 0.15) is 0 Å². The Bertz CT molecular complexity index is 721. The van der Waals surface area contributed by atoms with E-state index in [1.54, 1.807) is 35.1 Å². The van der Waals surface area contributed by atoms with Gasteiger partial charge in [0.15, 0.2) is 0 Å². The van der Waals surface area contributed by atoms with Crippen molar-refractivity contribution >= 4 is 26.0 Å². The minimum atomic E-state index is -3.44. The number of halogens is 1. The van der Waals surface area contributed by atoms with Crippen molar-refractivity contribution in [2.45, 2.75) is 4.90 Å². The van der Waals surface area contributed by atoms with Crippen molar-refractivity contribution in [3.05, 3.63) is 41.1 Å². The number of hydrogen-bond acceptors (Lipinski definition) is 4. The molecule has 0 radical (unpaired) electrons. The summed E-state index contributed by atoms with van der Waals surface area (Å²) in [5, 5.41) is 4.16. The van der Waals surface area contributed by atoms with Gasteiger partial charge in [0, 0.05) is 19.3 Å². The summed E-state index contributed by atoms with van der Waals surface area (Å²) in [5.41, 5.74) is 0.807. The third kappa shape index (κ3) is 3.03. The summed E-state index contributed by atoms with van der Waals surface area (Å²) in [7, 11) is -3.44. The highest BCUT2D eigenvalue weighted by molar-refractivity contribution is 9.10. The van der Waals surface area contributed by atoms with Crippen molar-refractivity contribution in [1.29, 1.82) is 0 Å². The molecular weight excluding hydrogens is 358 g/mol. The minimum absolute atomic E-state index is 0.291. The molecule has 1 aliphatic rings. The molecule has 0 aliphatic carbocycles. The molecule has 0 bridgehead atoms. The van der Waals surface area contributed by atoms with Crippen LogP contribution in [0, 0.1) is 0 Å². The maximum absolute atomic E-state index is 12.5. The van der Waals surface area contributed by atoms with E-state index >= 15 is 0 Å². The Hall–Kier alpha value is -1.22. The second-order valence-corrected chi connectivity index (χ2v) is 7.47. The summed E-state index contributed by atoms with van der Waals surface area (Å²) >= 11 is 3.33. The zero-order valence-electron chi connectivity index (χ0n) is 11.1. The van der Waals surface area contributed by atoms with Crippen molar-refractivity contribution in [3.8, 4) is 5.69 Å². The molecule has 1 saturated heterocycles. The highest BCUT2D eigenvalue weighted by Crippen LogP contribution is 2.19. The molecule has 112 valence electrons. The first kappa shape index (κ1) is 14.7. The van der Waals surface area contributed by atoms with E-state index in [9.17, 15) is 8.42 Å². The van der Waals surface area contributed by atoms with Crippen LogP contribution in [-0.2, 0) is 14.8 Å². The van der Waals surface area contributed by atoms with Crippen LogP contribution in [0.5, 0.6) is 0 Å². The highest BCUT2D eigenvalue weighted by Gasteiger charge is 2.26. The van der Waals surface area contributed by atoms with Crippen molar-refractivity contribution < 1.29 is 13.2 Å². The molecule has 0 spiro atoms. The zero-order valence-corrected chi connectivity index (χ0v) is 13.5. The fourth-order valence-corrected chi connectivity index (χ4v) is 3.84. The van der Waals surface area contributed by atoms with E-state index < -0.39 is 10.0 Å². The Morgan fingerprint density at radius 3 is 2.38 bits per heavy atom. The van der Waals surface area contributed by atoms with Gasteiger partial charge >= 0.3 is 0 Å². The highest BCUT2D eigenvalue weighted by atomic mass is 79.9. The summed E-state index contributed by atoms with van der Waals surface area (Å²) in [6, 6.07) is 6.70. The average Bonchev–Trinajstić information content (AvgIpc) is 2.95. The first-order chi connectivity index (χ1) is 10.1. The van der Waals surface area contributed by atoms with Crippen LogP contribution < -0.4 is 0 Å². The maximum Gasteiger partial charge on any atom is 0.243 e. The van der Waals surface area contributed by atoms with Gasteiger partial charge in [-0.3, -0.25) is 0 Å². The number of aromatic nitrogens is 2. The molecule has 1 fully saturated rings. The molecule has 0 N–H and O–H groups in total. The van der Waals surface area contributed by atoms with E-state index in [2.05, 4.69) is 21.0 Å². The Kier molecular flexibility index (Phi) is 4.12. The first-order valence-electron chi connectivity index (χ1n) is 6.46. The van der Waals surface area contributed by atoms with Crippen molar-refractivity contribution in [2.24, 2.45) is 0 Å². The van der Waals surface area contributed by atoms with Crippen molar-refractivity contribution in [1.82, 2.24) is 14.1 Å². The SMILES string of the molecule is O=S(=O)(c1ccc(-n2cc(Br)cn2)cc1)N1CCOCC1.